The van der Waals surface area contributed by atoms with Crippen molar-refractivity contribution < 1.29 is 4.79 Å². The number of hydrogen-bond donors (Lipinski definition) is 0. The summed E-state index contributed by atoms with van der Waals surface area (Å²) >= 11 is 0. The van der Waals surface area contributed by atoms with Crippen LogP contribution < -0.4 is 0 Å². The minimum atomic E-state index is 0.234. The molecule has 0 fully saturated rings. The Labute approximate surface area is 69.6 Å². The molecular weight excluding hydrogens is 138 g/mol. The van der Waals surface area contributed by atoms with E-state index in [2.05, 4.69) is 18.7 Å². The van der Waals surface area contributed by atoms with Crippen LogP contribution in [0.25, 0.3) is 0 Å². The van der Waals surface area contributed by atoms with Gasteiger partial charge in [0.2, 0.25) is 0 Å². The summed E-state index contributed by atoms with van der Waals surface area (Å²) in [6.45, 7) is 5.19. The van der Waals surface area contributed by atoms with Crippen LogP contribution >= 0.6 is 0 Å². The molecule has 0 saturated carbocycles. The Hall–Kier alpha value is -0.370. The third-order valence-corrected chi connectivity index (χ3v) is 1.94. The van der Waals surface area contributed by atoms with Crippen LogP contribution in [-0.2, 0) is 4.79 Å². The van der Waals surface area contributed by atoms with Gasteiger partial charge in [-0.2, -0.15) is 0 Å². The van der Waals surface area contributed by atoms with E-state index in [9.17, 15) is 4.79 Å². The van der Waals surface area contributed by atoms with Crippen molar-refractivity contribution in [3.8, 4) is 0 Å². The Kier molecular flexibility index (Phi) is 5.12. The molecule has 0 bridgehead atoms. The molecule has 1 unspecified atom stereocenters. The van der Waals surface area contributed by atoms with Gasteiger partial charge in [0.1, 0.15) is 6.29 Å². The summed E-state index contributed by atoms with van der Waals surface area (Å²) in [4.78, 5) is 12.7. The van der Waals surface area contributed by atoms with Gasteiger partial charge >= 0.3 is 0 Å². The second-order valence-electron chi connectivity index (χ2n) is 3.64. The van der Waals surface area contributed by atoms with Gasteiger partial charge in [-0.3, -0.25) is 0 Å². The van der Waals surface area contributed by atoms with Crippen molar-refractivity contribution in [3.63, 3.8) is 0 Å². The molecule has 0 heterocycles. The van der Waals surface area contributed by atoms with E-state index in [0.717, 1.165) is 19.3 Å². The zero-order valence-corrected chi connectivity index (χ0v) is 8.00. The summed E-state index contributed by atoms with van der Waals surface area (Å²) in [7, 11) is 4.06. The average Bonchev–Trinajstić information content (AvgIpc) is 1.87. The molecule has 0 N–H and O–H groups in total. The van der Waals surface area contributed by atoms with Gasteiger partial charge in [0.05, 0.1) is 0 Å². The molecule has 0 aromatic heterocycles. The van der Waals surface area contributed by atoms with Crippen molar-refractivity contribution in [1.82, 2.24) is 4.90 Å². The molecule has 0 amide bonds. The van der Waals surface area contributed by atoms with E-state index >= 15 is 0 Å². The van der Waals surface area contributed by atoms with Gasteiger partial charge in [0.25, 0.3) is 0 Å². The highest BCUT2D eigenvalue weighted by Gasteiger charge is 2.11. The van der Waals surface area contributed by atoms with Crippen LogP contribution in [0, 0.1) is 11.8 Å². The first-order valence-corrected chi connectivity index (χ1v) is 4.18. The average molecular weight is 157 g/mol. The van der Waals surface area contributed by atoms with E-state index in [-0.39, 0.29) is 5.92 Å². The SMILES string of the molecule is CC(C)C(C=O)CCN(C)C. The maximum absolute atomic E-state index is 10.5. The van der Waals surface area contributed by atoms with E-state index in [4.69, 9.17) is 0 Å². The molecule has 0 aromatic rings. The predicted octanol–water partition coefficient (Wildman–Crippen LogP) is 1.41. The molecule has 0 aliphatic carbocycles. The largest absolute Gasteiger partial charge is 0.309 e. The second kappa shape index (κ2) is 5.30. The zero-order chi connectivity index (χ0) is 8.85. The van der Waals surface area contributed by atoms with Gasteiger partial charge in [-0.05, 0) is 33.0 Å². The van der Waals surface area contributed by atoms with Gasteiger partial charge in [0, 0.05) is 5.92 Å². The Bertz CT molecular complexity index is 110. The smallest absolute Gasteiger partial charge is 0.123 e. The fraction of sp³-hybridized carbons (Fsp3) is 0.889. The van der Waals surface area contributed by atoms with E-state index in [1.165, 1.54) is 0 Å². The summed E-state index contributed by atoms with van der Waals surface area (Å²) in [5.41, 5.74) is 0. The summed E-state index contributed by atoms with van der Waals surface area (Å²) in [5.74, 6) is 0.713. The number of nitrogens with zero attached hydrogens (tertiary/aromatic N) is 1. The molecular formula is C9H19NO. The van der Waals surface area contributed by atoms with Crippen molar-refractivity contribution in [1.29, 1.82) is 0 Å². The summed E-state index contributed by atoms with van der Waals surface area (Å²) in [6, 6.07) is 0. The van der Waals surface area contributed by atoms with Crippen molar-refractivity contribution in [2.24, 2.45) is 11.8 Å². The highest BCUT2D eigenvalue weighted by atomic mass is 16.1. The maximum Gasteiger partial charge on any atom is 0.123 e. The number of hydrogen-bond acceptors (Lipinski definition) is 2. The lowest BCUT2D eigenvalue weighted by Crippen LogP contribution is -2.20. The number of carbonyl (C=O) groups excluding carboxylic acids is 1. The summed E-state index contributed by atoms with van der Waals surface area (Å²) in [5, 5.41) is 0. The minimum absolute atomic E-state index is 0.234. The topological polar surface area (TPSA) is 20.3 Å². The Morgan fingerprint density at radius 1 is 1.36 bits per heavy atom. The number of carbonyl (C=O) groups is 1. The lowest BCUT2D eigenvalue weighted by Gasteiger charge is -2.16. The molecule has 1 atom stereocenters. The van der Waals surface area contributed by atoms with Crippen molar-refractivity contribution in [2.45, 2.75) is 20.3 Å². The fourth-order valence-electron chi connectivity index (χ4n) is 0.966. The van der Waals surface area contributed by atoms with E-state index < -0.39 is 0 Å². The Morgan fingerprint density at radius 2 is 1.91 bits per heavy atom. The molecule has 66 valence electrons. The third kappa shape index (κ3) is 4.96. The predicted molar refractivity (Wildman–Crippen MR) is 47.6 cm³/mol. The van der Waals surface area contributed by atoms with Crippen molar-refractivity contribution >= 4 is 6.29 Å². The minimum Gasteiger partial charge on any atom is -0.309 e. The molecule has 2 heteroatoms. The molecule has 0 aliphatic heterocycles. The Balaban J connectivity index is 3.61. The molecule has 0 aliphatic rings. The van der Waals surface area contributed by atoms with Gasteiger partial charge in [-0.15, -0.1) is 0 Å². The zero-order valence-electron chi connectivity index (χ0n) is 8.00. The first-order valence-electron chi connectivity index (χ1n) is 4.18. The summed E-state index contributed by atoms with van der Waals surface area (Å²) < 4.78 is 0. The van der Waals surface area contributed by atoms with E-state index in [0.29, 0.717) is 5.92 Å². The quantitative estimate of drug-likeness (QED) is 0.562. The van der Waals surface area contributed by atoms with Crippen LogP contribution in [0.5, 0.6) is 0 Å². The first kappa shape index (κ1) is 10.6. The van der Waals surface area contributed by atoms with Crippen LogP contribution in [0.2, 0.25) is 0 Å². The molecule has 0 aromatic carbocycles. The molecule has 0 spiro atoms. The van der Waals surface area contributed by atoms with E-state index in [1.54, 1.807) is 0 Å². The highest BCUT2D eigenvalue weighted by Crippen LogP contribution is 2.11. The second-order valence-corrected chi connectivity index (χ2v) is 3.64. The van der Waals surface area contributed by atoms with Gasteiger partial charge in [0.15, 0.2) is 0 Å². The molecule has 2 nitrogen and oxygen atoms in total. The lowest BCUT2D eigenvalue weighted by molar-refractivity contribution is -0.112. The van der Waals surface area contributed by atoms with Gasteiger partial charge in [-0.25, -0.2) is 0 Å². The van der Waals surface area contributed by atoms with Crippen LogP contribution in [-0.4, -0.2) is 31.8 Å². The van der Waals surface area contributed by atoms with Crippen molar-refractivity contribution in [2.75, 3.05) is 20.6 Å². The van der Waals surface area contributed by atoms with Gasteiger partial charge in [-0.1, -0.05) is 13.8 Å². The number of rotatable bonds is 5. The summed E-state index contributed by atoms with van der Waals surface area (Å²) in [6.07, 6.45) is 2.06. The lowest BCUT2D eigenvalue weighted by atomic mass is 9.94. The van der Waals surface area contributed by atoms with Crippen LogP contribution in [0.1, 0.15) is 20.3 Å². The number of aldehydes is 1. The maximum atomic E-state index is 10.5. The third-order valence-electron chi connectivity index (χ3n) is 1.94. The van der Waals surface area contributed by atoms with Crippen LogP contribution in [0.15, 0.2) is 0 Å². The molecule has 0 radical (unpaired) electrons. The monoisotopic (exact) mass is 157 g/mol. The van der Waals surface area contributed by atoms with Crippen LogP contribution in [0.4, 0.5) is 0 Å². The van der Waals surface area contributed by atoms with Crippen molar-refractivity contribution in [3.05, 3.63) is 0 Å². The Morgan fingerprint density at radius 3 is 2.18 bits per heavy atom. The highest BCUT2D eigenvalue weighted by molar-refractivity contribution is 5.53. The molecule has 11 heavy (non-hydrogen) atoms. The fourth-order valence-corrected chi connectivity index (χ4v) is 0.966. The standard InChI is InChI=1S/C9H19NO/c1-8(2)9(7-11)5-6-10(3)4/h7-9H,5-6H2,1-4H3. The van der Waals surface area contributed by atoms with Crippen LogP contribution in [0.3, 0.4) is 0 Å². The first-order chi connectivity index (χ1) is 5.07. The molecule has 0 rings (SSSR count). The molecule has 0 saturated heterocycles. The normalized spacial score (nSPS) is 14.0. The van der Waals surface area contributed by atoms with E-state index in [1.807, 2.05) is 14.1 Å². The van der Waals surface area contributed by atoms with Gasteiger partial charge < -0.3 is 9.69 Å².